The summed E-state index contributed by atoms with van der Waals surface area (Å²) in [5.41, 5.74) is 4.38. The number of halogens is 1. The van der Waals surface area contributed by atoms with Gasteiger partial charge in [-0.2, -0.15) is 5.10 Å². The smallest absolute Gasteiger partial charge is 0.257 e. The first-order valence-corrected chi connectivity index (χ1v) is 10.4. The number of rotatable bonds is 5. The van der Waals surface area contributed by atoms with Crippen molar-refractivity contribution >= 4 is 17.4 Å². The van der Waals surface area contributed by atoms with Gasteiger partial charge in [-0.25, -0.2) is 23.9 Å². The molecular formula is C25H19FN6O2. The molecule has 0 fully saturated rings. The summed E-state index contributed by atoms with van der Waals surface area (Å²) in [5, 5.41) is 7.26. The van der Waals surface area contributed by atoms with E-state index < -0.39 is 0 Å². The van der Waals surface area contributed by atoms with Crippen LogP contribution in [0.4, 0.5) is 10.2 Å². The summed E-state index contributed by atoms with van der Waals surface area (Å²) in [6.45, 7) is 1.71. The number of imidazole rings is 1. The molecule has 9 heteroatoms. The molecule has 1 amide bonds. The number of fused-ring (bicyclic) bond motifs is 1. The maximum Gasteiger partial charge on any atom is 0.257 e. The van der Waals surface area contributed by atoms with E-state index in [9.17, 15) is 9.18 Å². The van der Waals surface area contributed by atoms with Gasteiger partial charge in [0.2, 0.25) is 5.88 Å². The monoisotopic (exact) mass is 454 g/mol. The van der Waals surface area contributed by atoms with Crippen LogP contribution in [0.15, 0.2) is 73.2 Å². The number of hydrogen-bond donors (Lipinski definition) is 1. The van der Waals surface area contributed by atoms with Gasteiger partial charge in [-0.1, -0.05) is 0 Å². The molecule has 0 spiro atoms. The first-order valence-electron chi connectivity index (χ1n) is 10.4. The van der Waals surface area contributed by atoms with Gasteiger partial charge in [0.05, 0.1) is 12.8 Å². The van der Waals surface area contributed by atoms with Crippen LogP contribution in [0.3, 0.4) is 0 Å². The van der Waals surface area contributed by atoms with Crippen LogP contribution in [-0.2, 0) is 0 Å². The average Bonchev–Trinajstić information content (AvgIpc) is 3.25. The fourth-order valence-electron chi connectivity index (χ4n) is 3.64. The second-order valence-corrected chi connectivity index (χ2v) is 7.54. The molecule has 4 aromatic heterocycles. The Hall–Kier alpha value is -4.66. The number of pyridine rings is 2. The number of methoxy groups -OCH3 is 1. The predicted molar refractivity (Wildman–Crippen MR) is 125 cm³/mol. The van der Waals surface area contributed by atoms with Gasteiger partial charge in [0.1, 0.15) is 17.3 Å². The van der Waals surface area contributed by atoms with Gasteiger partial charge in [0, 0.05) is 41.3 Å². The van der Waals surface area contributed by atoms with Gasteiger partial charge < -0.3 is 10.1 Å². The molecule has 0 radical (unpaired) electrons. The number of benzene rings is 1. The van der Waals surface area contributed by atoms with E-state index in [0.29, 0.717) is 39.9 Å². The minimum atomic E-state index is -0.351. The number of anilines is 1. The van der Waals surface area contributed by atoms with Crippen LogP contribution in [-0.4, -0.2) is 37.6 Å². The molecule has 168 valence electrons. The van der Waals surface area contributed by atoms with Crippen molar-refractivity contribution in [1.29, 1.82) is 0 Å². The lowest BCUT2D eigenvalue weighted by atomic mass is 10.0. The summed E-state index contributed by atoms with van der Waals surface area (Å²) in [7, 11) is 1.49. The summed E-state index contributed by atoms with van der Waals surface area (Å²) in [5.74, 6) is 0.0561. The highest BCUT2D eigenvalue weighted by molar-refractivity contribution is 6.04. The normalized spacial score (nSPS) is 10.9. The van der Waals surface area contributed by atoms with Crippen LogP contribution in [0, 0.1) is 12.7 Å². The van der Waals surface area contributed by atoms with Crippen molar-refractivity contribution in [2.45, 2.75) is 6.92 Å². The fraction of sp³-hybridized carbons (Fsp3) is 0.0800. The molecule has 0 aliphatic carbocycles. The number of aryl methyl sites for hydroxylation is 1. The summed E-state index contributed by atoms with van der Waals surface area (Å²) in [6, 6.07) is 15.2. The third-order valence-electron chi connectivity index (χ3n) is 5.31. The van der Waals surface area contributed by atoms with Crippen LogP contribution >= 0.6 is 0 Å². The lowest BCUT2D eigenvalue weighted by molar-refractivity contribution is 0.102. The zero-order valence-electron chi connectivity index (χ0n) is 18.4. The molecule has 0 aliphatic heterocycles. The second kappa shape index (κ2) is 8.70. The molecule has 4 heterocycles. The molecule has 0 saturated carbocycles. The van der Waals surface area contributed by atoms with Crippen molar-refractivity contribution in [3.05, 3.63) is 90.1 Å². The zero-order valence-corrected chi connectivity index (χ0v) is 18.4. The van der Waals surface area contributed by atoms with Crippen molar-refractivity contribution in [1.82, 2.24) is 24.6 Å². The fourth-order valence-corrected chi connectivity index (χ4v) is 3.64. The maximum atomic E-state index is 13.9. The van der Waals surface area contributed by atoms with Crippen LogP contribution in [0.1, 0.15) is 15.9 Å². The Bertz CT molecular complexity index is 1530. The molecule has 5 rings (SSSR count). The van der Waals surface area contributed by atoms with Crippen molar-refractivity contribution in [3.63, 3.8) is 0 Å². The Balaban J connectivity index is 1.57. The number of nitrogens with one attached hydrogen (secondary N) is 1. The number of nitrogens with zero attached hydrogens (tertiary/aromatic N) is 5. The number of carbonyl (C=O) groups excluding carboxylic acids is 1. The topological polar surface area (TPSA) is 94.3 Å². The highest BCUT2D eigenvalue weighted by Gasteiger charge is 2.18. The van der Waals surface area contributed by atoms with Gasteiger partial charge in [0.25, 0.3) is 5.91 Å². The Kier molecular flexibility index (Phi) is 5.43. The van der Waals surface area contributed by atoms with Crippen molar-refractivity contribution in [2.75, 3.05) is 12.4 Å². The number of amides is 1. The van der Waals surface area contributed by atoms with E-state index in [1.807, 2.05) is 12.1 Å². The first kappa shape index (κ1) is 21.2. The Morgan fingerprint density at radius 3 is 2.68 bits per heavy atom. The highest BCUT2D eigenvalue weighted by atomic mass is 19.1. The minimum absolute atomic E-state index is 0.283. The predicted octanol–water partition coefficient (Wildman–Crippen LogP) is 4.56. The van der Waals surface area contributed by atoms with Crippen molar-refractivity contribution in [2.24, 2.45) is 0 Å². The Morgan fingerprint density at radius 1 is 1.00 bits per heavy atom. The molecule has 0 atom stereocenters. The number of carbonyl (C=O) groups is 1. The largest absolute Gasteiger partial charge is 0.481 e. The standard InChI is InChI=1S/C25H19FN6O2/c1-15-12-16(5-6-19(15)26)23-24(32-21(31-23)4-3-9-29-32)17-7-10-27-20(13-17)30-25(33)18-8-11-28-22(14-18)34-2/h3-14H,1-2H3,(H,27,30,33). The highest BCUT2D eigenvalue weighted by Crippen LogP contribution is 2.33. The van der Waals surface area contributed by atoms with Crippen LogP contribution < -0.4 is 10.1 Å². The average molecular weight is 454 g/mol. The van der Waals surface area contributed by atoms with Gasteiger partial charge in [-0.15, -0.1) is 0 Å². The molecule has 0 bridgehead atoms. The van der Waals surface area contributed by atoms with E-state index in [0.717, 1.165) is 11.1 Å². The van der Waals surface area contributed by atoms with Gasteiger partial charge in [0.15, 0.2) is 5.65 Å². The van der Waals surface area contributed by atoms with E-state index >= 15 is 0 Å². The molecule has 0 saturated heterocycles. The quantitative estimate of drug-likeness (QED) is 0.418. The molecule has 1 aromatic carbocycles. The van der Waals surface area contributed by atoms with Gasteiger partial charge in [-0.05, 0) is 61.0 Å². The lowest BCUT2D eigenvalue weighted by Crippen LogP contribution is -2.13. The van der Waals surface area contributed by atoms with Crippen LogP contribution in [0.5, 0.6) is 5.88 Å². The SMILES string of the molecule is COc1cc(C(=O)Nc2cc(-c3c(-c4ccc(F)c(C)c4)nc4cccnn34)ccn2)ccn1. The number of hydrogen-bond acceptors (Lipinski definition) is 6. The molecule has 34 heavy (non-hydrogen) atoms. The van der Waals surface area contributed by atoms with Crippen LogP contribution in [0.2, 0.25) is 0 Å². The molecule has 0 aliphatic rings. The van der Waals surface area contributed by atoms with E-state index in [-0.39, 0.29) is 11.7 Å². The molecule has 0 unspecified atom stereocenters. The third kappa shape index (κ3) is 3.95. The van der Waals surface area contributed by atoms with E-state index in [1.165, 1.54) is 19.4 Å². The summed E-state index contributed by atoms with van der Waals surface area (Å²) >= 11 is 0. The summed E-state index contributed by atoms with van der Waals surface area (Å²) in [6.07, 6.45) is 4.76. The number of aromatic nitrogens is 5. The maximum absolute atomic E-state index is 13.9. The zero-order chi connectivity index (χ0) is 23.7. The first-order chi connectivity index (χ1) is 16.5. The third-order valence-corrected chi connectivity index (χ3v) is 5.31. The van der Waals surface area contributed by atoms with Crippen LogP contribution in [0.25, 0.3) is 28.2 Å². The minimum Gasteiger partial charge on any atom is -0.481 e. The molecule has 5 aromatic rings. The summed E-state index contributed by atoms with van der Waals surface area (Å²) < 4.78 is 20.7. The Morgan fingerprint density at radius 2 is 1.85 bits per heavy atom. The number of ether oxygens (including phenoxy) is 1. The van der Waals surface area contributed by atoms with Crippen molar-refractivity contribution < 1.29 is 13.9 Å². The van der Waals surface area contributed by atoms with E-state index in [2.05, 4.69) is 20.4 Å². The van der Waals surface area contributed by atoms with Crippen molar-refractivity contribution in [3.8, 4) is 28.4 Å². The molecular weight excluding hydrogens is 435 g/mol. The van der Waals surface area contributed by atoms with Gasteiger partial charge >= 0.3 is 0 Å². The second-order valence-electron chi connectivity index (χ2n) is 7.54. The lowest BCUT2D eigenvalue weighted by Gasteiger charge is -2.09. The van der Waals surface area contributed by atoms with E-state index in [4.69, 9.17) is 9.72 Å². The summed E-state index contributed by atoms with van der Waals surface area (Å²) in [4.78, 5) is 25.8. The Labute approximate surface area is 194 Å². The molecule has 1 N–H and O–H groups in total. The molecule has 8 nitrogen and oxygen atoms in total. The van der Waals surface area contributed by atoms with Gasteiger partial charge in [-0.3, -0.25) is 4.79 Å². The van der Waals surface area contributed by atoms with E-state index in [1.54, 1.807) is 60.2 Å².